The molecule has 0 N–H and O–H groups in total. The molecule has 0 spiro atoms. The Morgan fingerprint density at radius 1 is 0.806 bits per heavy atom. The van der Waals surface area contributed by atoms with Gasteiger partial charge in [-0.25, -0.2) is 9.59 Å². The second-order valence-electron chi connectivity index (χ2n) is 7.50. The van der Waals surface area contributed by atoms with Crippen molar-refractivity contribution in [1.29, 1.82) is 0 Å². The Bertz CT molecular complexity index is 1160. The summed E-state index contributed by atoms with van der Waals surface area (Å²) in [7, 11) is 6.55. The number of methoxy groups -OCH3 is 5. The lowest BCUT2D eigenvalue weighted by Gasteiger charge is -2.30. The average molecular weight is 507 g/mol. The lowest BCUT2D eigenvalue weighted by Crippen LogP contribution is -2.29. The van der Waals surface area contributed by atoms with Crippen LogP contribution < -0.4 is 19.1 Å². The van der Waals surface area contributed by atoms with E-state index in [-0.39, 0.29) is 34.1 Å². The maximum Gasteiger partial charge on any atom is 0.416 e. The quantitative estimate of drug-likeness (QED) is 0.509. The zero-order valence-corrected chi connectivity index (χ0v) is 20.1. The second kappa shape index (κ2) is 10.6. The molecule has 0 aromatic heterocycles. The fourth-order valence-electron chi connectivity index (χ4n) is 3.85. The number of nitrogens with zero attached hydrogens (tertiary/aromatic N) is 1. The fraction of sp³-hybridized carbons (Fsp3) is 0.280. The molecule has 2 aromatic rings. The summed E-state index contributed by atoms with van der Waals surface area (Å²) in [6.45, 7) is 0. The Labute approximate surface area is 205 Å². The van der Waals surface area contributed by atoms with Crippen molar-refractivity contribution in [1.82, 2.24) is 0 Å². The van der Waals surface area contributed by atoms with Crippen LogP contribution in [0.25, 0.3) is 0 Å². The first kappa shape index (κ1) is 26.5. The fourth-order valence-corrected chi connectivity index (χ4v) is 3.85. The molecular weight excluding hydrogens is 483 g/mol. The summed E-state index contributed by atoms with van der Waals surface area (Å²) in [6.07, 6.45) is -1.97. The molecule has 1 heterocycles. The maximum absolute atomic E-state index is 13.3. The van der Waals surface area contributed by atoms with Gasteiger partial charge in [0.2, 0.25) is 5.75 Å². The van der Waals surface area contributed by atoms with Crippen molar-refractivity contribution in [2.75, 3.05) is 40.4 Å². The molecule has 0 bridgehead atoms. The topological polar surface area (TPSA) is 83.5 Å². The SMILES string of the molecule is COC(=O)C1=CN(c2cccc(C(F)(F)F)c2)C=C(C(=O)OC)C1c1cc(OC)c(OC)c(OC)c1. The van der Waals surface area contributed by atoms with Crippen LogP contribution in [0.3, 0.4) is 0 Å². The number of esters is 2. The smallest absolute Gasteiger partial charge is 0.416 e. The Morgan fingerprint density at radius 3 is 1.75 bits per heavy atom. The molecule has 1 aliphatic heterocycles. The van der Waals surface area contributed by atoms with Crippen molar-refractivity contribution in [3.05, 3.63) is 71.1 Å². The Kier molecular flexibility index (Phi) is 7.81. The minimum Gasteiger partial charge on any atom is -0.493 e. The predicted octanol–water partition coefficient (Wildman–Crippen LogP) is 4.45. The van der Waals surface area contributed by atoms with Gasteiger partial charge in [0, 0.05) is 18.1 Å². The van der Waals surface area contributed by atoms with E-state index in [0.29, 0.717) is 5.56 Å². The summed E-state index contributed by atoms with van der Waals surface area (Å²) < 4.78 is 66.0. The van der Waals surface area contributed by atoms with E-state index in [2.05, 4.69) is 0 Å². The van der Waals surface area contributed by atoms with Crippen molar-refractivity contribution in [3.8, 4) is 17.2 Å². The minimum atomic E-state index is -4.59. The summed E-state index contributed by atoms with van der Waals surface area (Å²) >= 11 is 0. The number of halogens is 3. The number of hydrogen-bond donors (Lipinski definition) is 0. The number of ether oxygens (including phenoxy) is 5. The number of alkyl halides is 3. The Balaban J connectivity index is 2.26. The molecule has 0 saturated heterocycles. The molecule has 0 aliphatic carbocycles. The standard InChI is InChI=1S/C25H24F3NO7/c1-32-19-9-14(10-20(33-2)22(19)34-3)21-17(23(30)35-4)12-29(13-18(21)24(31)36-5)16-8-6-7-15(11-16)25(26,27)28/h6-13,21H,1-5H3. The maximum atomic E-state index is 13.3. The van der Waals surface area contributed by atoms with Crippen LogP contribution in [0.2, 0.25) is 0 Å². The summed E-state index contributed by atoms with van der Waals surface area (Å²) in [4.78, 5) is 27.0. The zero-order chi connectivity index (χ0) is 26.6. The molecule has 8 nitrogen and oxygen atoms in total. The van der Waals surface area contributed by atoms with Gasteiger partial charge in [-0.2, -0.15) is 13.2 Å². The van der Waals surface area contributed by atoms with Crippen LogP contribution >= 0.6 is 0 Å². The van der Waals surface area contributed by atoms with Crippen LogP contribution in [-0.4, -0.2) is 47.5 Å². The van der Waals surface area contributed by atoms with E-state index in [0.717, 1.165) is 26.4 Å². The van der Waals surface area contributed by atoms with Crippen LogP contribution in [0.15, 0.2) is 59.9 Å². The minimum absolute atomic E-state index is 0.0351. The van der Waals surface area contributed by atoms with Gasteiger partial charge in [-0.15, -0.1) is 0 Å². The lowest BCUT2D eigenvalue weighted by molar-refractivity contribution is -0.138. The number of benzene rings is 2. The summed E-state index contributed by atoms with van der Waals surface area (Å²) in [5.74, 6) is -1.82. The summed E-state index contributed by atoms with van der Waals surface area (Å²) in [5.41, 5.74) is -0.510. The van der Waals surface area contributed by atoms with E-state index >= 15 is 0 Å². The van der Waals surface area contributed by atoms with Crippen LogP contribution in [-0.2, 0) is 25.2 Å². The zero-order valence-electron chi connectivity index (χ0n) is 20.1. The normalized spacial score (nSPS) is 13.9. The van der Waals surface area contributed by atoms with E-state index in [9.17, 15) is 22.8 Å². The number of anilines is 1. The highest BCUT2D eigenvalue weighted by Crippen LogP contribution is 2.45. The molecule has 0 fully saturated rings. The van der Waals surface area contributed by atoms with Crippen molar-refractivity contribution in [3.63, 3.8) is 0 Å². The highest BCUT2D eigenvalue weighted by molar-refractivity contribution is 6.00. The molecular formula is C25H24F3NO7. The van der Waals surface area contributed by atoms with E-state index in [4.69, 9.17) is 23.7 Å². The van der Waals surface area contributed by atoms with Crippen molar-refractivity contribution < 1.29 is 46.4 Å². The second-order valence-corrected chi connectivity index (χ2v) is 7.50. The first-order valence-electron chi connectivity index (χ1n) is 10.4. The molecule has 0 saturated carbocycles. The number of hydrogen-bond acceptors (Lipinski definition) is 8. The summed E-state index contributed by atoms with van der Waals surface area (Å²) in [6, 6.07) is 7.56. The molecule has 0 radical (unpaired) electrons. The van der Waals surface area contributed by atoms with Gasteiger partial charge in [0.05, 0.1) is 58.2 Å². The molecule has 1 aliphatic rings. The van der Waals surface area contributed by atoms with E-state index in [1.165, 1.54) is 50.8 Å². The average Bonchev–Trinajstić information content (AvgIpc) is 2.89. The predicted molar refractivity (Wildman–Crippen MR) is 123 cm³/mol. The third kappa shape index (κ3) is 5.09. The highest BCUT2D eigenvalue weighted by Gasteiger charge is 2.37. The monoisotopic (exact) mass is 507 g/mol. The third-order valence-electron chi connectivity index (χ3n) is 5.51. The van der Waals surface area contributed by atoms with Crippen molar-refractivity contribution in [2.45, 2.75) is 12.1 Å². The van der Waals surface area contributed by atoms with Gasteiger partial charge in [-0.3, -0.25) is 0 Å². The van der Waals surface area contributed by atoms with Crippen LogP contribution in [0, 0.1) is 0 Å². The molecule has 192 valence electrons. The molecule has 3 rings (SSSR count). The third-order valence-corrected chi connectivity index (χ3v) is 5.51. The molecule has 0 unspecified atom stereocenters. The molecule has 36 heavy (non-hydrogen) atoms. The van der Waals surface area contributed by atoms with Gasteiger partial charge >= 0.3 is 18.1 Å². The Hall–Kier alpha value is -4.15. The van der Waals surface area contributed by atoms with E-state index in [1.807, 2.05) is 0 Å². The first-order valence-corrected chi connectivity index (χ1v) is 10.4. The van der Waals surface area contributed by atoms with Gasteiger partial charge in [0.25, 0.3) is 0 Å². The Morgan fingerprint density at radius 2 is 1.33 bits per heavy atom. The number of carbonyl (C=O) groups is 2. The molecule has 11 heteroatoms. The first-order chi connectivity index (χ1) is 17.1. The number of carbonyl (C=O) groups excluding carboxylic acids is 2. The summed E-state index contributed by atoms with van der Waals surface area (Å²) in [5, 5.41) is 0. The molecule has 2 aromatic carbocycles. The van der Waals surface area contributed by atoms with Crippen LogP contribution in [0.4, 0.5) is 18.9 Å². The van der Waals surface area contributed by atoms with Gasteiger partial charge in [-0.1, -0.05) is 6.07 Å². The van der Waals surface area contributed by atoms with Crippen LogP contribution in [0.1, 0.15) is 17.0 Å². The molecule has 0 atom stereocenters. The van der Waals surface area contributed by atoms with Crippen LogP contribution in [0.5, 0.6) is 17.2 Å². The lowest BCUT2D eigenvalue weighted by atomic mass is 9.83. The van der Waals surface area contributed by atoms with E-state index < -0.39 is 29.6 Å². The van der Waals surface area contributed by atoms with Crippen molar-refractivity contribution in [2.24, 2.45) is 0 Å². The largest absolute Gasteiger partial charge is 0.493 e. The number of rotatable bonds is 7. The van der Waals surface area contributed by atoms with Gasteiger partial charge < -0.3 is 28.6 Å². The van der Waals surface area contributed by atoms with Gasteiger partial charge in [0.15, 0.2) is 11.5 Å². The van der Waals surface area contributed by atoms with E-state index in [1.54, 1.807) is 12.1 Å². The highest BCUT2D eigenvalue weighted by atomic mass is 19.4. The van der Waals surface area contributed by atoms with Gasteiger partial charge in [-0.05, 0) is 35.9 Å². The van der Waals surface area contributed by atoms with Crippen molar-refractivity contribution >= 4 is 17.6 Å². The van der Waals surface area contributed by atoms with Gasteiger partial charge in [0.1, 0.15) is 0 Å². The molecule has 0 amide bonds.